The largest absolute Gasteiger partial charge is 0.472 e. The molecule has 0 saturated heterocycles. The van der Waals surface area contributed by atoms with Gasteiger partial charge in [0, 0.05) is 12.8 Å². The third-order valence-electron chi connectivity index (χ3n) is 7.39. The van der Waals surface area contributed by atoms with Gasteiger partial charge in [0.25, 0.3) is 0 Å². The van der Waals surface area contributed by atoms with E-state index in [-0.39, 0.29) is 32.0 Å². The fourth-order valence-electron chi connectivity index (χ4n) is 4.60. The third kappa shape index (κ3) is 30.8. The Bertz CT molecular complexity index is 728. The van der Waals surface area contributed by atoms with Crippen molar-refractivity contribution in [1.29, 1.82) is 0 Å². The van der Waals surface area contributed by atoms with E-state index in [2.05, 4.69) is 13.8 Å². The van der Waals surface area contributed by atoms with Crippen molar-refractivity contribution in [2.45, 2.75) is 155 Å². The molecule has 0 aromatic rings. The van der Waals surface area contributed by atoms with Crippen LogP contribution in [0, 0.1) is 0 Å². The van der Waals surface area contributed by atoms with E-state index < -0.39 is 26.5 Å². The lowest BCUT2D eigenvalue weighted by Gasteiger charge is -2.24. The van der Waals surface area contributed by atoms with E-state index >= 15 is 0 Å². The molecular weight excluding hydrogens is 569 g/mol. The molecule has 0 bridgehead atoms. The number of hydrogen-bond donors (Lipinski definition) is 1. The highest BCUT2D eigenvalue weighted by atomic mass is 31.2. The number of carbonyl (C=O) groups is 2. The predicted molar refractivity (Wildman–Crippen MR) is 174 cm³/mol. The van der Waals surface area contributed by atoms with Crippen molar-refractivity contribution >= 4 is 19.8 Å². The average Bonchev–Trinajstić information content (AvgIpc) is 2.94. The number of nitrogens with zero attached hydrogens (tertiary/aromatic N) is 1. The number of rotatable bonds is 31. The first-order valence-corrected chi connectivity index (χ1v) is 18.8. The summed E-state index contributed by atoms with van der Waals surface area (Å²) in [4.78, 5) is 34.7. The highest BCUT2D eigenvalue weighted by Crippen LogP contribution is 2.43. The average molecular weight is 637 g/mol. The SMILES string of the molecule is CCCCCCCCCCCCCCCCCC(=O)OC(COC(=O)CCCCCC)COP(=O)(O)OCC[N+](C)(C)C. The molecule has 1 N–H and O–H groups in total. The first-order chi connectivity index (χ1) is 20.5. The van der Waals surface area contributed by atoms with Crippen molar-refractivity contribution in [2.24, 2.45) is 0 Å². The number of hydrogen-bond acceptors (Lipinski definition) is 7. The monoisotopic (exact) mass is 636 g/mol. The van der Waals surface area contributed by atoms with Gasteiger partial charge in [0.2, 0.25) is 0 Å². The Balaban J connectivity index is 4.29. The third-order valence-corrected chi connectivity index (χ3v) is 8.37. The summed E-state index contributed by atoms with van der Waals surface area (Å²) in [6, 6.07) is 0. The zero-order valence-electron chi connectivity index (χ0n) is 28.5. The minimum Gasteiger partial charge on any atom is -0.462 e. The Morgan fingerprint density at radius 2 is 1.05 bits per heavy atom. The molecule has 0 saturated carbocycles. The Morgan fingerprint density at radius 1 is 0.628 bits per heavy atom. The maximum absolute atomic E-state index is 12.5. The van der Waals surface area contributed by atoms with Gasteiger partial charge in [-0.1, -0.05) is 123 Å². The fraction of sp³-hybridized carbons (Fsp3) is 0.939. The lowest BCUT2D eigenvalue weighted by molar-refractivity contribution is -0.870. The molecule has 2 unspecified atom stereocenters. The van der Waals surface area contributed by atoms with Gasteiger partial charge >= 0.3 is 19.8 Å². The Kier molecular flexibility index (Phi) is 26.7. The second kappa shape index (κ2) is 27.3. The van der Waals surface area contributed by atoms with Gasteiger partial charge in [0.15, 0.2) is 6.10 Å². The number of esters is 2. The molecule has 0 fully saturated rings. The van der Waals surface area contributed by atoms with Gasteiger partial charge in [0.1, 0.15) is 19.8 Å². The molecule has 0 radical (unpaired) electrons. The lowest BCUT2D eigenvalue weighted by Crippen LogP contribution is -2.37. The molecule has 256 valence electrons. The first-order valence-electron chi connectivity index (χ1n) is 17.3. The van der Waals surface area contributed by atoms with E-state index in [0.717, 1.165) is 38.5 Å². The summed E-state index contributed by atoms with van der Waals surface area (Å²) in [6.45, 7) is 4.28. The lowest BCUT2D eigenvalue weighted by atomic mass is 10.0. The summed E-state index contributed by atoms with van der Waals surface area (Å²) in [6.07, 6.45) is 22.0. The van der Waals surface area contributed by atoms with Crippen LogP contribution in [0.5, 0.6) is 0 Å². The van der Waals surface area contributed by atoms with E-state index in [9.17, 15) is 19.0 Å². The molecule has 0 aromatic heterocycles. The van der Waals surface area contributed by atoms with Crippen LogP contribution in [0.1, 0.15) is 149 Å². The second-order valence-corrected chi connectivity index (χ2v) is 14.4. The van der Waals surface area contributed by atoms with Crippen LogP contribution in [0.2, 0.25) is 0 Å². The van der Waals surface area contributed by atoms with Crippen LogP contribution in [0.4, 0.5) is 0 Å². The van der Waals surface area contributed by atoms with E-state index in [4.69, 9.17) is 18.5 Å². The molecule has 43 heavy (non-hydrogen) atoms. The zero-order chi connectivity index (χ0) is 32.2. The Hall–Kier alpha value is -0.990. The van der Waals surface area contributed by atoms with E-state index in [1.54, 1.807) is 0 Å². The molecule has 0 spiro atoms. The molecule has 2 atom stereocenters. The molecule has 0 aliphatic rings. The standard InChI is InChI=1S/C33H66NO8P/c1-6-8-10-12-13-14-15-16-17-18-19-20-21-22-24-26-33(36)42-31(29-39-32(35)25-23-11-9-7-2)30-41-43(37,38)40-28-27-34(3,4)5/h31H,6-30H2,1-5H3/p+1. The van der Waals surface area contributed by atoms with Gasteiger partial charge in [-0.2, -0.15) is 0 Å². The van der Waals surface area contributed by atoms with Crippen LogP contribution < -0.4 is 0 Å². The van der Waals surface area contributed by atoms with Crippen LogP contribution in [-0.4, -0.2) is 74.9 Å². The summed E-state index contributed by atoms with van der Waals surface area (Å²) >= 11 is 0. The number of carbonyl (C=O) groups excluding carboxylic acids is 2. The number of phosphoric ester groups is 1. The van der Waals surface area contributed by atoms with Crippen molar-refractivity contribution in [2.75, 3.05) is 47.5 Å². The molecule has 0 aliphatic carbocycles. The molecular formula is C33H67NO8P+. The molecule has 10 heteroatoms. The van der Waals surface area contributed by atoms with Gasteiger partial charge in [-0.05, 0) is 12.8 Å². The maximum Gasteiger partial charge on any atom is 0.472 e. The van der Waals surface area contributed by atoms with Gasteiger partial charge in [-0.25, -0.2) is 4.57 Å². The molecule has 0 amide bonds. The maximum atomic E-state index is 12.5. The minimum absolute atomic E-state index is 0.0354. The molecule has 0 aromatic carbocycles. The normalized spacial score (nSPS) is 13.9. The van der Waals surface area contributed by atoms with Crippen LogP contribution >= 0.6 is 7.82 Å². The fourth-order valence-corrected chi connectivity index (χ4v) is 5.34. The summed E-state index contributed by atoms with van der Waals surface area (Å²) in [5.74, 6) is -0.813. The zero-order valence-corrected chi connectivity index (χ0v) is 29.3. The van der Waals surface area contributed by atoms with Gasteiger partial charge in [0.05, 0.1) is 27.7 Å². The van der Waals surface area contributed by atoms with Crippen LogP contribution in [0.3, 0.4) is 0 Å². The van der Waals surface area contributed by atoms with Crippen molar-refractivity contribution in [3.63, 3.8) is 0 Å². The summed E-state index contributed by atoms with van der Waals surface area (Å²) in [7, 11) is 1.48. The topological polar surface area (TPSA) is 108 Å². The van der Waals surface area contributed by atoms with Gasteiger partial charge < -0.3 is 18.9 Å². The van der Waals surface area contributed by atoms with Crippen molar-refractivity contribution in [3.8, 4) is 0 Å². The summed E-state index contributed by atoms with van der Waals surface area (Å²) in [5.41, 5.74) is 0. The first kappa shape index (κ1) is 42.0. The molecule has 0 heterocycles. The van der Waals surface area contributed by atoms with Gasteiger partial charge in [-0.3, -0.25) is 18.6 Å². The smallest absolute Gasteiger partial charge is 0.462 e. The van der Waals surface area contributed by atoms with Crippen molar-refractivity contribution in [1.82, 2.24) is 0 Å². The number of phosphoric acid groups is 1. The van der Waals surface area contributed by atoms with Crippen LogP contribution in [0.25, 0.3) is 0 Å². The van der Waals surface area contributed by atoms with Crippen LogP contribution in [-0.2, 0) is 32.7 Å². The molecule has 0 aliphatic heterocycles. The molecule has 9 nitrogen and oxygen atoms in total. The Labute approximate surface area is 264 Å². The highest BCUT2D eigenvalue weighted by molar-refractivity contribution is 7.47. The molecule has 0 rings (SSSR count). The van der Waals surface area contributed by atoms with E-state index in [0.29, 0.717) is 17.4 Å². The summed E-state index contributed by atoms with van der Waals surface area (Å²) in [5, 5.41) is 0. The van der Waals surface area contributed by atoms with Crippen molar-refractivity contribution < 1.29 is 42.1 Å². The number of likely N-dealkylation sites (N-methyl/N-ethyl adjacent to an activating group) is 1. The summed E-state index contributed by atoms with van der Waals surface area (Å²) < 4.78 is 33.8. The van der Waals surface area contributed by atoms with E-state index in [1.165, 1.54) is 77.0 Å². The van der Waals surface area contributed by atoms with Gasteiger partial charge in [-0.15, -0.1) is 0 Å². The van der Waals surface area contributed by atoms with E-state index in [1.807, 2.05) is 21.1 Å². The van der Waals surface area contributed by atoms with Crippen molar-refractivity contribution in [3.05, 3.63) is 0 Å². The number of quaternary nitrogens is 1. The van der Waals surface area contributed by atoms with Crippen LogP contribution in [0.15, 0.2) is 0 Å². The second-order valence-electron chi connectivity index (χ2n) is 12.9. The predicted octanol–water partition coefficient (Wildman–Crippen LogP) is 8.51. The Morgan fingerprint density at radius 3 is 1.51 bits per heavy atom. The highest BCUT2D eigenvalue weighted by Gasteiger charge is 2.27. The number of ether oxygens (including phenoxy) is 2. The number of unbranched alkanes of at least 4 members (excludes halogenated alkanes) is 17. The minimum atomic E-state index is -4.34. The quantitative estimate of drug-likeness (QED) is 0.0349.